The first-order chi connectivity index (χ1) is 14.6. The first-order valence-corrected chi connectivity index (χ1v) is 10.2. The van der Waals surface area contributed by atoms with Crippen LogP contribution in [0.4, 0.5) is 0 Å². The van der Waals surface area contributed by atoms with Crippen molar-refractivity contribution in [2.75, 3.05) is 39.5 Å². The highest BCUT2D eigenvalue weighted by Crippen LogP contribution is 2.29. The molecular formula is C23H29N3O4. The van der Waals surface area contributed by atoms with E-state index in [1.807, 2.05) is 30.0 Å². The minimum absolute atomic E-state index is 0.142. The van der Waals surface area contributed by atoms with Crippen LogP contribution >= 0.6 is 0 Å². The summed E-state index contributed by atoms with van der Waals surface area (Å²) in [6.07, 6.45) is 1.60. The second-order valence-electron chi connectivity index (χ2n) is 7.10. The second-order valence-corrected chi connectivity index (χ2v) is 7.10. The van der Waals surface area contributed by atoms with Gasteiger partial charge in [0.25, 0.3) is 5.91 Å². The Morgan fingerprint density at radius 3 is 2.63 bits per heavy atom. The van der Waals surface area contributed by atoms with E-state index in [2.05, 4.69) is 41.7 Å². The fourth-order valence-electron chi connectivity index (χ4n) is 3.01. The summed E-state index contributed by atoms with van der Waals surface area (Å²) >= 11 is 0. The molecule has 0 spiro atoms. The molecule has 1 aliphatic heterocycles. The van der Waals surface area contributed by atoms with Crippen molar-refractivity contribution in [3.63, 3.8) is 0 Å². The SMILES string of the molecule is CCOc1cc(/C=N/NC(=O)CN2CCOCC2)ccc1OCc1ccc(C)cc1. The third-order valence-corrected chi connectivity index (χ3v) is 4.66. The number of ether oxygens (including phenoxy) is 3. The summed E-state index contributed by atoms with van der Waals surface area (Å²) in [5.74, 6) is 1.18. The molecule has 3 rings (SSSR count). The Hall–Kier alpha value is -2.90. The summed E-state index contributed by atoms with van der Waals surface area (Å²) in [5, 5.41) is 4.06. The predicted octanol–water partition coefficient (Wildman–Crippen LogP) is 2.76. The summed E-state index contributed by atoms with van der Waals surface area (Å²) in [6, 6.07) is 13.8. The number of carbonyl (C=O) groups is 1. The number of nitrogens with zero attached hydrogens (tertiary/aromatic N) is 2. The number of benzene rings is 2. The van der Waals surface area contributed by atoms with Crippen molar-refractivity contribution in [2.24, 2.45) is 5.10 Å². The van der Waals surface area contributed by atoms with Gasteiger partial charge in [0, 0.05) is 13.1 Å². The first kappa shape index (κ1) is 21.8. The number of hydrogen-bond donors (Lipinski definition) is 1. The fourth-order valence-corrected chi connectivity index (χ4v) is 3.01. The Bertz CT molecular complexity index is 846. The van der Waals surface area contributed by atoms with E-state index >= 15 is 0 Å². The third-order valence-electron chi connectivity index (χ3n) is 4.66. The largest absolute Gasteiger partial charge is 0.490 e. The van der Waals surface area contributed by atoms with Crippen LogP contribution in [0.1, 0.15) is 23.6 Å². The Balaban J connectivity index is 1.55. The third kappa shape index (κ3) is 6.86. The average molecular weight is 412 g/mol. The minimum Gasteiger partial charge on any atom is -0.490 e. The summed E-state index contributed by atoms with van der Waals surface area (Å²) in [7, 11) is 0. The number of rotatable bonds is 9. The zero-order valence-corrected chi connectivity index (χ0v) is 17.6. The number of morpholine rings is 1. The Morgan fingerprint density at radius 1 is 1.13 bits per heavy atom. The zero-order chi connectivity index (χ0) is 21.2. The van der Waals surface area contributed by atoms with E-state index in [4.69, 9.17) is 14.2 Å². The Labute approximate surface area is 177 Å². The maximum absolute atomic E-state index is 12.0. The molecule has 1 fully saturated rings. The van der Waals surface area contributed by atoms with Gasteiger partial charge in [-0.25, -0.2) is 5.43 Å². The van der Waals surface area contributed by atoms with Crippen LogP contribution in [0.3, 0.4) is 0 Å². The maximum atomic E-state index is 12.0. The van der Waals surface area contributed by atoms with Gasteiger partial charge in [-0.05, 0) is 43.2 Å². The molecule has 2 aromatic carbocycles. The molecule has 0 atom stereocenters. The van der Waals surface area contributed by atoms with Crippen LogP contribution in [0.5, 0.6) is 11.5 Å². The van der Waals surface area contributed by atoms with Crippen molar-refractivity contribution in [3.8, 4) is 11.5 Å². The van der Waals surface area contributed by atoms with Crippen LogP contribution < -0.4 is 14.9 Å². The van der Waals surface area contributed by atoms with Crippen molar-refractivity contribution in [1.82, 2.24) is 10.3 Å². The standard InChI is InChI=1S/C23H29N3O4/c1-3-29-22-14-20(15-24-25-23(27)16-26-10-12-28-13-11-26)8-9-21(22)30-17-19-6-4-18(2)5-7-19/h4-9,14-15H,3,10-13,16-17H2,1-2H3,(H,25,27)/b24-15+. The summed E-state index contributed by atoms with van der Waals surface area (Å²) in [6.45, 7) is 8.14. The van der Waals surface area contributed by atoms with E-state index in [1.54, 1.807) is 6.21 Å². The van der Waals surface area contributed by atoms with Crippen LogP contribution in [0.2, 0.25) is 0 Å². The molecule has 1 N–H and O–H groups in total. The van der Waals surface area contributed by atoms with Gasteiger partial charge in [-0.1, -0.05) is 29.8 Å². The number of carbonyl (C=O) groups excluding carboxylic acids is 1. The highest BCUT2D eigenvalue weighted by atomic mass is 16.5. The van der Waals surface area contributed by atoms with E-state index in [-0.39, 0.29) is 5.91 Å². The normalized spacial score (nSPS) is 14.6. The van der Waals surface area contributed by atoms with Crippen molar-refractivity contribution in [1.29, 1.82) is 0 Å². The van der Waals surface area contributed by atoms with E-state index < -0.39 is 0 Å². The molecule has 7 heteroatoms. The van der Waals surface area contributed by atoms with Crippen LogP contribution in [-0.4, -0.2) is 56.5 Å². The number of amides is 1. The minimum atomic E-state index is -0.142. The van der Waals surface area contributed by atoms with E-state index in [9.17, 15) is 4.79 Å². The molecule has 1 saturated heterocycles. The van der Waals surface area contributed by atoms with Crippen LogP contribution in [0.15, 0.2) is 47.6 Å². The van der Waals surface area contributed by atoms with Crippen molar-refractivity contribution in [2.45, 2.75) is 20.5 Å². The molecule has 0 saturated carbocycles. The lowest BCUT2D eigenvalue weighted by Crippen LogP contribution is -2.42. The smallest absolute Gasteiger partial charge is 0.254 e. The van der Waals surface area contributed by atoms with Crippen molar-refractivity contribution >= 4 is 12.1 Å². The lowest BCUT2D eigenvalue weighted by atomic mass is 10.2. The van der Waals surface area contributed by atoms with E-state index in [1.165, 1.54) is 5.56 Å². The molecule has 160 valence electrons. The maximum Gasteiger partial charge on any atom is 0.254 e. The molecule has 1 amide bonds. The van der Waals surface area contributed by atoms with Gasteiger partial charge in [0.05, 0.1) is 32.6 Å². The van der Waals surface area contributed by atoms with Gasteiger partial charge in [-0.3, -0.25) is 9.69 Å². The van der Waals surface area contributed by atoms with Crippen LogP contribution in [0, 0.1) is 6.92 Å². The van der Waals surface area contributed by atoms with E-state index in [0.717, 1.165) is 24.2 Å². The van der Waals surface area contributed by atoms with Crippen molar-refractivity contribution < 1.29 is 19.0 Å². The molecule has 0 aromatic heterocycles. The lowest BCUT2D eigenvalue weighted by Gasteiger charge is -2.25. The molecule has 30 heavy (non-hydrogen) atoms. The quantitative estimate of drug-likeness (QED) is 0.507. The summed E-state index contributed by atoms with van der Waals surface area (Å²) < 4.78 is 16.9. The zero-order valence-electron chi connectivity index (χ0n) is 17.6. The van der Waals surface area contributed by atoms with Gasteiger partial charge in [-0.2, -0.15) is 5.10 Å². The second kappa shape index (κ2) is 11.3. The molecule has 0 radical (unpaired) electrons. The van der Waals surface area contributed by atoms with Gasteiger partial charge >= 0.3 is 0 Å². The number of hydrogen-bond acceptors (Lipinski definition) is 6. The molecular weight excluding hydrogens is 382 g/mol. The molecule has 2 aromatic rings. The average Bonchev–Trinajstić information content (AvgIpc) is 2.75. The van der Waals surface area contributed by atoms with Crippen LogP contribution in [-0.2, 0) is 16.1 Å². The highest BCUT2D eigenvalue weighted by molar-refractivity contribution is 5.83. The molecule has 0 aliphatic carbocycles. The number of nitrogens with one attached hydrogen (secondary N) is 1. The predicted molar refractivity (Wildman–Crippen MR) is 116 cm³/mol. The molecule has 0 unspecified atom stereocenters. The number of hydrazone groups is 1. The monoisotopic (exact) mass is 411 g/mol. The van der Waals surface area contributed by atoms with Gasteiger partial charge in [0.15, 0.2) is 11.5 Å². The summed E-state index contributed by atoms with van der Waals surface area (Å²) in [4.78, 5) is 14.1. The first-order valence-electron chi connectivity index (χ1n) is 10.2. The summed E-state index contributed by atoms with van der Waals surface area (Å²) in [5.41, 5.74) is 5.70. The van der Waals surface area contributed by atoms with Crippen LogP contribution in [0.25, 0.3) is 0 Å². The molecule has 1 heterocycles. The number of aryl methyl sites for hydroxylation is 1. The molecule has 1 aliphatic rings. The van der Waals surface area contributed by atoms with Gasteiger partial charge in [0.2, 0.25) is 0 Å². The van der Waals surface area contributed by atoms with Crippen molar-refractivity contribution in [3.05, 3.63) is 59.2 Å². The Morgan fingerprint density at radius 2 is 1.90 bits per heavy atom. The lowest BCUT2D eigenvalue weighted by molar-refractivity contribution is -0.123. The fraction of sp³-hybridized carbons (Fsp3) is 0.391. The Kier molecular flexibility index (Phi) is 8.23. The van der Waals surface area contributed by atoms with Gasteiger partial charge in [0.1, 0.15) is 6.61 Å². The van der Waals surface area contributed by atoms with Gasteiger partial charge < -0.3 is 14.2 Å². The molecule has 7 nitrogen and oxygen atoms in total. The topological polar surface area (TPSA) is 72.4 Å². The van der Waals surface area contributed by atoms with E-state index in [0.29, 0.717) is 44.5 Å². The van der Waals surface area contributed by atoms with Gasteiger partial charge in [-0.15, -0.1) is 0 Å². The highest BCUT2D eigenvalue weighted by Gasteiger charge is 2.13. The molecule has 0 bridgehead atoms.